The van der Waals surface area contributed by atoms with Crippen LogP contribution in [0.3, 0.4) is 0 Å². The van der Waals surface area contributed by atoms with E-state index in [-0.39, 0.29) is 10.9 Å². The van der Waals surface area contributed by atoms with E-state index in [0.717, 1.165) is 11.1 Å². The quantitative estimate of drug-likeness (QED) is 0.558. The maximum Gasteiger partial charge on any atom is 0.259 e. The molecule has 27 heavy (non-hydrogen) atoms. The highest BCUT2D eigenvalue weighted by Gasteiger charge is 2.16. The van der Waals surface area contributed by atoms with Crippen molar-refractivity contribution in [1.82, 2.24) is 14.6 Å². The zero-order valence-electron chi connectivity index (χ0n) is 14.3. The molecule has 0 atom stereocenters. The van der Waals surface area contributed by atoms with Crippen LogP contribution in [0.5, 0.6) is 0 Å². The lowest BCUT2D eigenvalue weighted by Crippen LogP contribution is -2.16. The van der Waals surface area contributed by atoms with Crippen molar-refractivity contribution in [3.05, 3.63) is 83.0 Å². The van der Waals surface area contributed by atoms with Crippen molar-refractivity contribution in [3.63, 3.8) is 0 Å². The highest BCUT2D eigenvalue weighted by molar-refractivity contribution is 6.31. The second kappa shape index (κ2) is 6.81. The molecular weight excluding hydrogens is 367 g/mol. The van der Waals surface area contributed by atoms with Crippen LogP contribution in [-0.4, -0.2) is 20.5 Å². The monoisotopic (exact) mass is 380 g/mol. The lowest BCUT2D eigenvalue weighted by molar-refractivity contribution is 0.102. The third-order valence-corrected chi connectivity index (χ3v) is 4.56. The van der Waals surface area contributed by atoms with E-state index >= 15 is 0 Å². The molecule has 1 N–H and O–H groups in total. The van der Waals surface area contributed by atoms with Gasteiger partial charge in [0, 0.05) is 17.4 Å². The Hall–Kier alpha value is -3.25. The minimum absolute atomic E-state index is 0.0577. The summed E-state index contributed by atoms with van der Waals surface area (Å²) in [5, 5.41) is 7.02. The fourth-order valence-electron chi connectivity index (χ4n) is 2.86. The summed E-state index contributed by atoms with van der Waals surface area (Å²) in [5.74, 6) is -0.916. The molecule has 0 unspecified atom stereocenters. The van der Waals surface area contributed by atoms with Gasteiger partial charge in [-0.05, 0) is 30.7 Å². The Morgan fingerprint density at radius 1 is 1.15 bits per heavy atom. The third kappa shape index (κ3) is 3.15. The van der Waals surface area contributed by atoms with Crippen LogP contribution in [0, 0.1) is 12.7 Å². The molecule has 4 rings (SSSR count). The standard InChI is InChI=1S/C20H14ClFN4O/c1-12-15(20(27)25-14-7-8-18(22)17(21)9-14)10-23-19-16(11-24-26(12)19)13-5-3-2-4-6-13/h2-11H,1H3,(H,25,27). The maximum atomic E-state index is 13.3. The number of nitrogens with one attached hydrogen (secondary N) is 1. The number of anilines is 1. The second-order valence-corrected chi connectivity index (χ2v) is 6.41. The van der Waals surface area contributed by atoms with Gasteiger partial charge >= 0.3 is 0 Å². The molecule has 0 aliphatic heterocycles. The van der Waals surface area contributed by atoms with Gasteiger partial charge in [0.2, 0.25) is 0 Å². The second-order valence-electron chi connectivity index (χ2n) is 6.00. The summed E-state index contributed by atoms with van der Waals surface area (Å²) < 4.78 is 14.9. The molecule has 5 nitrogen and oxygen atoms in total. The average molecular weight is 381 g/mol. The number of hydrogen-bond donors (Lipinski definition) is 1. The summed E-state index contributed by atoms with van der Waals surface area (Å²) in [5.41, 5.74) is 3.96. The van der Waals surface area contributed by atoms with Gasteiger partial charge in [0.1, 0.15) is 5.82 Å². The Kier molecular flexibility index (Phi) is 4.33. The van der Waals surface area contributed by atoms with Crippen molar-refractivity contribution >= 4 is 28.8 Å². The molecule has 0 saturated carbocycles. The molecule has 0 radical (unpaired) electrons. The first-order valence-corrected chi connectivity index (χ1v) is 8.57. The van der Waals surface area contributed by atoms with Crippen molar-refractivity contribution in [2.45, 2.75) is 6.92 Å². The fourth-order valence-corrected chi connectivity index (χ4v) is 3.04. The van der Waals surface area contributed by atoms with Crippen LogP contribution in [0.4, 0.5) is 10.1 Å². The largest absolute Gasteiger partial charge is 0.322 e. The van der Waals surface area contributed by atoms with Gasteiger partial charge in [-0.25, -0.2) is 13.9 Å². The number of carbonyl (C=O) groups is 1. The SMILES string of the molecule is Cc1c(C(=O)Nc2ccc(F)c(Cl)c2)cnc2c(-c3ccccc3)cnn12. The van der Waals surface area contributed by atoms with Crippen LogP contribution in [0.25, 0.3) is 16.8 Å². The fraction of sp³-hybridized carbons (Fsp3) is 0.0500. The first-order valence-electron chi connectivity index (χ1n) is 8.20. The predicted octanol–water partition coefficient (Wildman–Crippen LogP) is 4.75. The van der Waals surface area contributed by atoms with Crippen molar-refractivity contribution in [1.29, 1.82) is 0 Å². The van der Waals surface area contributed by atoms with Crippen LogP contribution >= 0.6 is 11.6 Å². The number of hydrogen-bond acceptors (Lipinski definition) is 3. The smallest absolute Gasteiger partial charge is 0.259 e. The number of rotatable bonds is 3. The van der Waals surface area contributed by atoms with E-state index in [2.05, 4.69) is 15.4 Å². The lowest BCUT2D eigenvalue weighted by atomic mass is 10.1. The predicted molar refractivity (Wildman–Crippen MR) is 103 cm³/mol. The number of amides is 1. The minimum atomic E-state index is -0.543. The lowest BCUT2D eigenvalue weighted by Gasteiger charge is -2.09. The van der Waals surface area contributed by atoms with Gasteiger partial charge < -0.3 is 5.32 Å². The molecule has 0 fully saturated rings. The number of halogens is 2. The summed E-state index contributed by atoms with van der Waals surface area (Å²) in [6.07, 6.45) is 3.24. The number of nitrogens with zero attached hydrogens (tertiary/aromatic N) is 3. The number of aryl methyl sites for hydroxylation is 1. The molecule has 0 saturated heterocycles. The van der Waals surface area contributed by atoms with Crippen molar-refractivity contribution in [2.24, 2.45) is 0 Å². The Morgan fingerprint density at radius 3 is 2.67 bits per heavy atom. The van der Waals surface area contributed by atoms with Crippen molar-refractivity contribution in [3.8, 4) is 11.1 Å². The normalized spacial score (nSPS) is 10.9. The molecule has 0 aliphatic carbocycles. The molecular formula is C20H14ClFN4O. The first-order chi connectivity index (χ1) is 13.0. The summed E-state index contributed by atoms with van der Waals surface area (Å²) in [6, 6.07) is 13.8. The van der Waals surface area contributed by atoms with Gasteiger partial charge in [-0.1, -0.05) is 41.9 Å². The van der Waals surface area contributed by atoms with Gasteiger partial charge in [0.25, 0.3) is 5.91 Å². The number of benzene rings is 2. The summed E-state index contributed by atoms with van der Waals surface area (Å²) >= 11 is 5.76. The Labute approximate surface area is 159 Å². The van der Waals surface area contributed by atoms with Gasteiger partial charge in [-0.2, -0.15) is 5.10 Å². The van der Waals surface area contributed by atoms with E-state index in [0.29, 0.717) is 22.6 Å². The molecule has 0 spiro atoms. The average Bonchev–Trinajstić information content (AvgIpc) is 3.11. The van der Waals surface area contributed by atoms with Crippen LogP contribution < -0.4 is 5.32 Å². The summed E-state index contributed by atoms with van der Waals surface area (Å²) in [4.78, 5) is 17.0. The number of aromatic nitrogens is 3. The van der Waals surface area contributed by atoms with Gasteiger partial charge in [-0.3, -0.25) is 4.79 Å². The topological polar surface area (TPSA) is 59.3 Å². The summed E-state index contributed by atoms with van der Waals surface area (Å²) in [6.45, 7) is 1.79. The molecule has 4 aromatic rings. The summed E-state index contributed by atoms with van der Waals surface area (Å²) in [7, 11) is 0. The van der Waals surface area contributed by atoms with Gasteiger partial charge in [0.15, 0.2) is 5.65 Å². The van der Waals surface area contributed by atoms with E-state index in [1.165, 1.54) is 24.4 Å². The van der Waals surface area contributed by atoms with Crippen molar-refractivity contribution in [2.75, 3.05) is 5.32 Å². The highest BCUT2D eigenvalue weighted by Crippen LogP contribution is 2.25. The minimum Gasteiger partial charge on any atom is -0.322 e. The van der Waals surface area contributed by atoms with E-state index in [4.69, 9.17) is 11.6 Å². The van der Waals surface area contributed by atoms with Crippen LogP contribution in [0.1, 0.15) is 16.1 Å². The molecule has 0 bridgehead atoms. The van der Waals surface area contributed by atoms with Crippen LogP contribution in [0.2, 0.25) is 5.02 Å². The van der Waals surface area contributed by atoms with Crippen molar-refractivity contribution < 1.29 is 9.18 Å². The Bertz CT molecular complexity index is 1160. The van der Waals surface area contributed by atoms with E-state index in [1.54, 1.807) is 17.6 Å². The van der Waals surface area contributed by atoms with E-state index in [9.17, 15) is 9.18 Å². The van der Waals surface area contributed by atoms with Crippen LogP contribution in [0.15, 0.2) is 60.9 Å². The Morgan fingerprint density at radius 2 is 1.93 bits per heavy atom. The molecule has 2 heterocycles. The molecule has 2 aromatic heterocycles. The zero-order valence-corrected chi connectivity index (χ0v) is 15.0. The van der Waals surface area contributed by atoms with E-state index < -0.39 is 5.82 Å². The molecule has 2 aromatic carbocycles. The molecule has 0 aliphatic rings. The maximum absolute atomic E-state index is 13.3. The van der Waals surface area contributed by atoms with E-state index in [1.807, 2.05) is 30.3 Å². The molecule has 134 valence electrons. The number of carbonyl (C=O) groups excluding carboxylic acids is 1. The van der Waals surface area contributed by atoms with Crippen LogP contribution in [-0.2, 0) is 0 Å². The first kappa shape index (κ1) is 17.2. The Balaban J connectivity index is 1.69. The highest BCUT2D eigenvalue weighted by atomic mass is 35.5. The molecule has 7 heteroatoms. The van der Waals surface area contributed by atoms with Gasteiger partial charge in [-0.15, -0.1) is 0 Å². The third-order valence-electron chi connectivity index (χ3n) is 4.27. The number of fused-ring (bicyclic) bond motifs is 1. The molecule has 1 amide bonds. The van der Waals surface area contributed by atoms with Gasteiger partial charge in [0.05, 0.1) is 22.5 Å². The zero-order chi connectivity index (χ0) is 19.0.